The van der Waals surface area contributed by atoms with Gasteiger partial charge in [0.05, 0.1) is 27.6 Å². The molecule has 0 radical (unpaired) electrons. The molecule has 0 spiro atoms. The van der Waals surface area contributed by atoms with Crippen LogP contribution in [0.5, 0.6) is 0 Å². The molecule has 0 saturated carbocycles. The Hall–Kier alpha value is -3.72. The van der Waals surface area contributed by atoms with Crippen molar-refractivity contribution in [1.29, 1.82) is 0 Å². The molecule has 1 unspecified atom stereocenters. The maximum atomic E-state index is 14.4. The number of hydrogen-bond donors (Lipinski definition) is 3. The third-order valence-corrected chi connectivity index (χ3v) is 6.23. The van der Waals surface area contributed by atoms with Crippen LogP contribution in [0.15, 0.2) is 41.2 Å². The summed E-state index contributed by atoms with van der Waals surface area (Å²) in [6.45, 7) is 1.81. The van der Waals surface area contributed by atoms with Gasteiger partial charge in [0.25, 0.3) is 11.5 Å². The molecule has 1 saturated heterocycles. The first kappa shape index (κ1) is 20.2. The topological polar surface area (TPSA) is 111 Å². The smallest absolute Gasteiger partial charge is 0.261 e. The zero-order valence-corrected chi connectivity index (χ0v) is 17.8. The Bertz CT molecular complexity index is 1430. The van der Waals surface area contributed by atoms with Crippen LogP contribution < -0.4 is 11.3 Å². The van der Waals surface area contributed by atoms with E-state index in [0.717, 1.165) is 19.5 Å². The molecule has 1 fully saturated rings. The fraction of sp³-hybridized carbons (Fsp3) is 0.261. The van der Waals surface area contributed by atoms with Crippen molar-refractivity contribution >= 4 is 33.5 Å². The molecule has 32 heavy (non-hydrogen) atoms. The number of nitrogens with one attached hydrogen (secondary N) is 2. The van der Waals surface area contributed by atoms with Crippen molar-refractivity contribution in [2.45, 2.75) is 12.5 Å². The molecule has 1 aliphatic rings. The first-order valence-corrected chi connectivity index (χ1v) is 10.4. The van der Waals surface area contributed by atoms with E-state index >= 15 is 0 Å². The molecule has 2 aromatic carbocycles. The number of likely N-dealkylation sites (tertiary alicyclic amines) is 1. The summed E-state index contributed by atoms with van der Waals surface area (Å²) < 4.78 is 14.4. The van der Waals surface area contributed by atoms with Crippen molar-refractivity contribution in [2.24, 2.45) is 0 Å². The molecule has 4 N–H and O–H groups in total. The Kier molecular flexibility index (Phi) is 4.70. The molecule has 1 aliphatic heterocycles. The van der Waals surface area contributed by atoms with E-state index in [9.17, 15) is 14.0 Å². The number of carbonyl (C=O) groups excluding carboxylic acids is 1. The lowest BCUT2D eigenvalue weighted by Crippen LogP contribution is -2.38. The average molecular weight is 434 g/mol. The minimum atomic E-state index is -0.526. The Balaban J connectivity index is 1.55. The van der Waals surface area contributed by atoms with Crippen LogP contribution in [0.25, 0.3) is 33.3 Å². The van der Waals surface area contributed by atoms with Crippen LogP contribution in [-0.2, 0) is 0 Å². The van der Waals surface area contributed by atoms with Gasteiger partial charge in [-0.3, -0.25) is 9.59 Å². The van der Waals surface area contributed by atoms with Gasteiger partial charge in [0, 0.05) is 25.2 Å². The van der Waals surface area contributed by atoms with Gasteiger partial charge in [0.2, 0.25) is 0 Å². The monoisotopic (exact) mass is 434 g/mol. The lowest BCUT2D eigenvalue weighted by atomic mass is 10.1. The van der Waals surface area contributed by atoms with Crippen LogP contribution in [0.3, 0.4) is 0 Å². The van der Waals surface area contributed by atoms with Crippen LogP contribution in [0.4, 0.5) is 10.1 Å². The number of hydrogen-bond acceptors (Lipinski definition) is 5. The van der Waals surface area contributed by atoms with Crippen molar-refractivity contribution in [3.05, 3.63) is 58.1 Å². The number of H-pyrrole nitrogens is 2. The van der Waals surface area contributed by atoms with Gasteiger partial charge in [-0.05, 0) is 50.3 Å². The molecular formula is C23H23FN6O2. The zero-order chi connectivity index (χ0) is 22.6. The van der Waals surface area contributed by atoms with Crippen molar-refractivity contribution in [2.75, 3.05) is 32.9 Å². The number of nitrogens with zero attached hydrogens (tertiary/aromatic N) is 3. The van der Waals surface area contributed by atoms with E-state index in [1.807, 2.05) is 14.1 Å². The number of anilines is 1. The number of benzene rings is 2. The highest BCUT2D eigenvalue weighted by Gasteiger charge is 2.27. The molecule has 9 heteroatoms. The summed E-state index contributed by atoms with van der Waals surface area (Å²) in [7, 11) is 3.86. The highest BCUT2D eigenvalue weighted by molar-refractivity contribution is 6.00. The highest BCUT2D eigenvalue weighted by atomic mass is 19.1. The fourth-order valence-electron chi connectivity index (χ4n) is 4.43. The Labute approximate surface area is 182 Å². The molecule has 3 heterocycles. The lowest BCUT2D eigenvalue weighted by Gasteiger charge is -2.24. The predicted molar refractivity (Wildman–Crippen MR) is 122 cm³/mol. The largest absolute Gasteiger partial charge is 0.397 e. The molecule has 4 aromatic rings. The van der Waals surface area contributed by atoms with Gasteiger partial charge < -0.3 is 25.5 Å². The third kappa shape index (κ3) is 3.21. The summed E-state index contributed by atoms with van der Waals surface area (Å²) in [5.74, 6) is -0.380. The number of rotatable bonds is 3. The number of likely N-dealkylation sites (N-methyl/N-ethyl adjacent to an activating group) is 2. The number of fused-ring (bicyclic) bond motifs is 2. The molecular weight excluding hydrogens is 411 g/mol. The number of nitrogen functional groups attached to an aromatic ring is 1. The van der Waals surface area contributed by atoms with Gasteiger partial charge in [0.1, 0.15) is 17.2 Å². The summed E-state index contributed by atoms with van der Waals surface area (Å²) in [6, 6.07) is 9.72. The normalized spacial score (nSPS) is 16.8. The molecule has 164 valence electrons. The van der Waals surface area contributed by atoms with E-state index < -0.39 is 11.4 Å². The molecule has 0 bridgehead atoms. The van der Waals surface area contributed by atoms with E-state index in [1.165, 1.54) is 12.1 Å². The minimum Gasteiger partial charge on any atom is -0.397 e. The molecule has 1 atom stereocenters. The van der Waals surface area contributed by atoms with Crippen molar-refractivity contribution in [3.63, 3.8) is 0 Å². The maximum Gasteiger partial charge on any atom is 0.261 e. The molecule has 8 nitrogen and oxygen atoms in total. The van der Waals surface area contributed by atoms with Gasteiger partial charge in [-0.1, -0.05) is 6.07 Å². The summed E-state index contributed by atoms with van der Waals surface area (Å²) in [6.07, 6.45) is 0.940. The summed E-state index contributed by atoms with van der Waals surface area (Å²) in [5.41, 5.74) is 7.81. The van der Waals surface area contributed by atoms with Gasteiger partial charge in [-0.15, -0.1) is 0 Å². The van der Waals surface area contributed by atoms with Crippen LogP contribution >= 0.6 is 0 Å². The molecule has 2 aromatic heterocycles. The summed E-state index contributed by atoms with van der Waals surface area (Å²) >= 11 is 0. The molecule has 0 aliphatic carbocycles. The predicted octanol–water partition coefficient (Wildman–Crippen LogP) is 2.57. The maximum absolute atomic E-state index is 14.4. The highest BCUT2D eigenvalue weighted by Crippen LogP contribution is 2.30. The number of aromatic nitrogens is 3. The number of pyridine rings is 1. The van der Waals surface area contributed by atoms with Gasteiger partial charge in [-0.2, -0.15) is 0 Å². The number of halogens is 1. The zero-order valence-electron chi connectivity index (χ0n) is 17.8. The van der Waals surface area contributed by atoms with Gasteiger partial charge in [0.15, 0.2) is 0 Å². The summed E-state index contributed by atoms with van der Waals surface area (Å²) in [4.78, 5) is 39.9. The lowest BCUT2D eigenvalue weighted by molar-refractivity contribution is 0.0737. The standard InChI is InChI=1S/C23H23FN6O2/c1-29-9-8-13(11-29)30(2)23(32)12-6-7-15-17(10-12)27-21(26-15)19-20(25)18-14(24)4-3-5-16(18)28-22(19)31/h3-7,10,13H,8-9,11H2,1-2H3,(H,26,27)(H3,25,28,31). The van der Waals surface area contributed by atoms with Crippen molar-refractivity contribution in [3.8, 4) is 11.4 Å². The molecule has 1 amide bonds. The Morgan fingerprint density at radius 3 is 2.81 bits per heavy atom. The number of amides is 1. The number of carbonyl (C=O) groups is 1. The fourth-order valence-corrected chi connectivity index (χ4v) is 4.43. The van der Waals surface area contributed by atoms with Crippen molar-refractivity contribution in [1.82, 2.24) is 24.8 Å². The van der Waals surface area contributed by atoms with E-state index in [4.69, 9.17) is 5.73 Å². The first-order valence-electron chi connectivity index (χ1n) is 10.4. The van der Waals surface area contributed by atoms with E-state index in [0.29, 0.717) is 22.1 Å². The second-order valence-electron chi connectivity index (χ2n) is 8.34. The average Bonchev–Trinajstić information content (AvgIpc) is 3.38. The van der Waals surface area contributed by atoms with Crippen molar-refractivity contribution < 1.29 is 9.18 Å². The minimum absolute atomic E-state index is 0.0160. The summed E-state index contributed by atoms with van der Waals surface area (Å²) in [5, 5.41) is 0.140. The third-order valence-electron chi connectivity index (χ3n) is 6.23. The second kappa shape index (κ2) is 7.45. The van der Waals surface area contributed by atoms with E-state index in [1.54, 1.807) is 29.2 Å². The number of nitrogens with two attached hydrogens (primary N) is 1. The van der Waals surface area contributed by atoms with Crippen LogP contribution in [0.2, 0.25) is 0 Å². The first-order chi connectivity index (χ1) is 15.3. The Morgan fingerprint density at radius 1 is 1.25 bits per heavy atom. The second-order valence-corrected chi connectivity index (χ2v) is 8.34. The van der Waals surface area contributed by atoms with Crippen LogP contribution in [-0.4, -0.2) is 63.9 Å². The Morgan fingerprint density at radius 2 is 2.06 bits per heavy atom. The quantitative estimate of drug-likeness (QED) is 0.459. The SMILES string of the molecule is CN1CCC(N(C)C(=O)c2ccc3nc(-c4c(N)c5c(F)cccc5[nH]c4=O)[nH]c3c2)C1. The molecule has 5 rings (SSSR count). The number of imidazole rings is 1. The van der Waals surface area contributed by atoms with Crippen LogP contribution in [0, 0.1) is 5.82 Å². The van der Waals surface area contributed by atoms with Gasteiger partial charge in [-0.25, -0.2) is 9.37 Å². The van der Waals surface area contributed by atoms with E-state index in [-0.39, 0.29) is 34.4 Å². The van der Waals surface area contributed by atoms with E-state index in [2.05, 4.69) is 19.9 Å². The number of aromatic amines is 2. The van der Waals surface area contributed by atoms with Gasteiger partial charge >= 0.3 is 0 Å². The van der Waals surface area contributed by atoms with Crippen LogP contribution in [0.1, 0.15) is 16.8 Å².